The molecule has 0 atom stereocenters. The molecule has 0 radical (unpaired) electrons. The number of nitrogen functional groups attached to an aromatic ring is 1. The lowest BCUT2D eigenvalue weighted by Gasteiger charge is -2.11. The lowest BCUT2D eigenvalue weighted by molar-refractivity contribution is 0.0999. The summed E-state index contributed by atoms with van der Waals surface area (Å²) in [5.74, 6) is 0.813. The number of nitrogens with two attached hydrogens (primary N) is 2. The van der Waals surface area contributed by atoms with Gasteiger partial charge in [-0.05, 0) is 42.7 Å². The van der Waals surface area contributed by atoms with E-state index in [1.165, 1.54) is 11.8 Å². The van der Waals surface area contributed by atoms with Gasteiger partial charge in [-0.25, -0.2) is 4.98 Å². The highest BCUT2D eigenvalue weighted by Gasteiger charge is 2.23. The summed E-state index contributed by atoms with van der Waals surface area (Å²) >= 11 is 0. The van der Waals surface area contributed by atoms with Crippen molar-refractivity contribution in [3.8, 4) is 11.5 Å². The second kappa shape index (κ2) is 11.4. The van der Waals surface area contributed by atoms with Gasteiger partial charge in [-0.15, -0.1) is 10.2 Å². The maximum absolute atomic E-state index is 11.3. The highest BCUT2D eigenvalue weighted by Crippen LogP contribution is 2.28. The zero-order valence-corrected chi connectivity index (χ0v) is 20.8. The molecule has 36 heavy (non-hydrogen) atoms. The van der Waals surface area contributed by atoms with Crippen LogP contribution in [-0.2, 0) is 11.8 Å². The summed E-state index contributed by atoms with van der Waals surface area (Å²) in [7, 11) is 0. The SMILES string of the molecule is Cc1cc(Nc2ncc(-c3nnc(C(C)(C)C)o3)c(N)n2)ccc1C(N)=O.OCCc1ccccc1. The van der Waals surface area contributed by atoms with E-state index in [9.17, 15) is 4.79 Å². The summed E-state index contributed by atoms with van der Waals surface area (Å²) in [6.45, 7) is 7.96. The van der Waals surface area contributed by atoms with Crippen LogP contribution in [0.15, 0.2) is 59.1 Å². The number of carbonyl (C=O) groups excluding carboxylic acids is 1. The molecule has 6 N–H and O–H groups in total. The van der Waals surface area contributed by atoms with Crippen LogP contribution in [-0.4, -0.2) is 37.8 Å². The molecular weight excluding hydrogens is 458 g/mol. The molecule has 10 nitrogen and oxygen atoms in total. The van der Waals surface area contributed by atoms with E-state index < -0.39 is 5.91 Å². The predicted molar refractivity (Wildman–Crippen MR) is 139 cm³/mol. The van der Waals surface area contributed by atoms with Crippen molar-refractivity contribution in [1.82, 2.24) is 20.2 Å². The molecule has 0 unspecified atom stereocenters. The van der Waals surface area contributed by atoms with E-state index in [4.69, 9.17) is 21.0 Å². The van der Waals surface area contributed by atoms with Gasteiger partial charge in [0.2, 0.25) is 17.7 Å². The number of hydrogen-bond donors (Lipinski definition) is 4. The van der Waals surface area contributed by atoms with Crippen LogP contribution in [0.1, 0.15) is 48.1 Å². The van der Waals surface area contributed by atoms with Gasteiger partial charge in [0.05, 0.1) is 5.56 Å². The number of aliphatic hydroxyl groups excluding tert-OH is 1. The molecule has 4 rings (SSSR count). The second-order valence-electron chi connectivity index (χ2n) is 9.13. The lowest BCUT2D eigenvalue weighted by Crippen LogP contribution is -2.12. The van der Waals surface area contributed by atoms with Crippen LogP contribution < -0.4 is 16.8 Å². The Hall–Kier alpha value is -4.31. The van der Waals surface area contributed by atoms with Gasteiger partial charge in [-0.1, -0.05) is 51.1 Å². The third kappa shape index (κ3) is 6.86. The Morgan fingerprint density at radius 2 is 1.83 bits per heavy atom. The van der Waals surface area contributed by atoms with E-state index >= 15 is 0 Å². The molecule has 1 amide bonds. The Labute approximate surface area is 209 Å². The first-order valence-corrected chi connectivity index (χ1v) is 11.4. The third-order valence-electron chi connectivity index (χ3n) is 5.11. The largest absolute Gasteiger partial charge is 0.420 e. The molecule has 0 aliphatic carbocycles. The zero-order valence-electron chi connectivity index (χ0n) is 20.8. The topological polar surface area (TPSA) is 166 Å². The van der Waals surface area contributed by atoms with E-state index in [0.29, 0.717) is 28.7 Å². The molecule has 0 saturated carbocycles. The van der Waals surface area contributed by atoms with Crippen molar-refractivity contribution < 1.29 is 14.3 Å². The molecule has 0 aliphatic rings. The Balaban J connectivity index is 0.000000338. The van der Waals surface area contributed by atoms with Crippen LogP contribution in [0, 0.1) is 6.92 Å². The monoisotopic (exact) mass is 489 g/mol. The minimum absolute atomic E-state index is 0.210. The molecule has 188 valence electrons. The number of nitrogens with one attached hydrogen (secondary N) is 1. The lowest BCUT2D eigenvalue weighted by atomic mass is 9.97. The van der Waals surface area contributed by atoms with E-state index in [1.807, 2.05) is 51.1 Å². The molecule has 0 aliphatic heterocycles. The molecule has 2 aromatic carbocycles. The standard InChI is InChI=1S/C18H21N7O2.C8H10O/c1-9-7-10(5-6-11(9)14(20)26)22-17-21-8-12(13(19)23-17)15-24-25-16(27-15)18(2,3)4;9-7-6-8-4-2-1-3-5-8/h5-8H,1-4H3,(H2,20,26)(H3,19,21,22,23);1-5,9H,6-7H2. The molecule has 0 spiro atoms. The van der Waals surface area contributed by atoms with Crippen molar-refractivity contribution in [3.05, 3.63) is 77.3 Å². The summed E-state index contributed by atoms with van der Waals surface area (Å²) in [6.07, 6.45) is 2.29. The predicted octanol–water partition coefficient (Wildman–Crippen LogP) is 3.78. The average molecular weight is 490 g/mol. The van der Waals surface area contributed by atoms with Gasteiger partial charge in [0.15, 0.2) is 0 Å². The van der Waals surface area contributed by atoms with Gasteiger partial charge in [0, 0.05) is 29.5 Å². The van der Waals surface area contributed by atoms with E-state index in [1.54, 1.807) is 25.1 Å². The smallest absolute Gasteiger partial charge is 0.253 e. The number of anilines is 3. The highest BCUT2D eigenvalue weighted by atomic mass is 16.4. The van der Waals surface area contributed by atoms with Crippen LogP contribution in [0.3, 0.4) is 0 Å². The van der Waals surface area contributed by atoms with Crippen molar-refractivity contribution in [2.75, 3.05) is 17.7 Å². The molecule has 0 saturated heterocycles. The van der Waals surface area contributed by atoms with Crippen LogP contribution in [0.2, 0.25) is 0 Å². The van der Waals surface area contributed by atoms with Crippen molar-refractivity contribution in [2.24, 2.45) is 5.73 Å². The van der Waals surface area contributed by atoms with Crippen molar-refractivity contribution in [3.63, 3.8) is 0 Å². The Bertz CT molecular complexity index is 1310. The fourth-order valence-corrected chi connectivity index (χ4v) is 3.18. The van der Waals surface area contributed by atoms with Crippen molar-refractivity contribution >= 4 is 23.4 Å². The summed E-state index contributed by atoms with van der Waals surface area (Å²) in [4.78, 5) is 19.8. The number of aryl methyl sites for hydroxylation is 1. The van der Waals surface area contributed by atoms with E-state index in [2.05, 4.69) is 25.5 Å². The first kappa shape index (κ1) is 26.3. The Kier molecular flexibility index (Phi) is 8.34. The molecule has 10 heteroatoms. The molecule has 2 heterocycles. The third-order valence-corrected chi connectivity index (χ3v) is 5.11. The minimum atomic E-state index is -0.474. The van der Waals surface area contributed by atoms with Gasteiger partial charge >= 0.3 is 0 Å². The van der Waals surface area contributed by atoms with Gasteiger partial charge in [0.25, 0.3) is 5.89 Å². The number of carbonyl (C=O) groups is 1. The number of nitrogens with zero attached hydrogens (tertiary/aromatic N) is 4. The Morgan fingerprint density at radius 3 is 2.39 bits per heavy atom. The van der Waals surface area contributed by atoms with Gasteiger partial charge in [0.1, 0.15) is 5.82 Å². The normalized spacial score (nSPS) is 10.9. The number of amides is 1. The fourth-order valence-electron chi connectivity index (χ4n) is 3.18. The summed E-state index contributed by atoms with van der Waals surface area (Å²) in [5, 5.41) is 19.6. The van der Waals surface area contributed by atoms with Crippen LogP contribution in [0.25, 0.3) is 11.5 Å². The maximum atomic E-state index is 11.3. The van der Waals surface area contributed by atoms with Gasteiger partial charge in [-0.3, -0.25) is 4.79 Å². The average Bonchev–Trinajstić information content (AvgIpc) is 3.31. The number of benzene rings is 2. The first-order valence-electron chi connectivity index (χ1n) is 11.4. The second-order valence-corrected chi connectivity index (χ2v) is 9.13. The highest BCUT2D eigenvalue weighted by molar-refractivity contribution is 5.94. The quantitative estimate of drug-likeness (QED) is 0.315. The number of hydrogen-bond acceptors (Lipinski definition) is 9. The Morgan fingerprint density at radius 1 is 1.11 bits per heavy atom. The van der Waals surface area contributed by atoms with Crippen LogP contribution >= 0.6 is 0 Å². The summed E-state index contributed by atoms with van der Waals surface area (Å²) in [6, 6.07) is 15.1. The zero-order chi connectivity index (χ0) is 26.3. The number of aromatic nitrogens is 4. The van der Waals surface area contributed by atoms with Crippen LogP contribution in [0.5, 0.6) is 0 Å². The summed E-state index contributed by atoms with van der Waals surface area (Å²) < 4.78 is 5.68. The summed E-state index contributed by atoms with van der Waals surface area (Å²) in [5.41, 5.74) is 14.7. The molecule has 2 aromatic heterocycles. The molecule has 4 aromatic rings. The first-order chi connectivity index (χ1) is 17.1. The number of aliphatic hydroxyl groups is 1. The van der Waals surface area contributed by atoms with Gasteiger partial charge < -0.3 is 26.3 Å². The van der Waals surface area contributed by atoms with Crippen molar-refractivity contribution in [2.45, 2.75) is 39.5 Å². The van der Waals surface area contributed by atoms with E-state index in [-0.39, 0.29) is 23.7 Å². The number of primary amides is 1. The maximum Gasteiger partial charge on any atom is 0.253 e. The van der Waals surface area contributed by atoms with Crippen LogP contribution in [0.4, 0.5) is 17.5 Å². The number of rotatable bonds is 6. The van der Waals surface area contributed by atoms with E-state index in [0.717, 1.165) is 12.0 Å². The minimum Gasteiger partial charge on any atom is -0.420 e. The molecular formula is C26H31N7O3. The molecule has 0 bridgehead atoms. The van der Waals surface area contributed by atoms with Gasteiger partial charge in [-0.2, -0.15) is 4.98 Å². The molecule has 0 fully saturated rings. The fraction of sp³-hybridized carbons (Fsp3) is 0.269. The van der Waals surface area contributed by atoms with Crippen molar-refractivity contribution in [1.29, 1.82) is 0 Å².